The summed E-state index contributed by atoms with van der Waals surface area (Å²) in [6.07, 6.45) is -0.686. The van der Waals surface area contributed by atoms with E-state index in [4.69, 9.17) is 16.3 Å². The molecule has 1 aromatic rings. The molecule has 2 N–H and O–H groups in total. The zero-order valence-corrected chi connectivity index (χ0v) is 11.2. The molecule has 7 heteroatoms. The number of rotatable bonds is 8. The Kier molecular flexibility index (Phi) is 6.66. The zero-order chi connectivity index (χ0) is 14.3. The number of hydrogen-bond donors (Lipinski definition) is 2. The summed E-state index contributed by atoms with van der Waals surface area (Å²) in [6, 6.07) is 4.47. The van der Waals surface area contributed by atoms with Gasteiger partial charge in [0, 0.05) is 18.3 Å². The second-order valence-corrected chi connectivity index (χ2v) is 3.97. The van der Waals surface area contributed by atoms with E-state index >= 15 is 0 Å². The van der Waals surface area contributed by atoms with Gasteiger partial charge in [0.1, 0.15) is 0 Å². The number of nitrogens with one attached hydrogen (secondary N) is 1. The van der Waals surface area contributed by atoms with Crippen LogP contribution in [0, 0.1) is 0 Å². The van der Waals surface area contributed by atoms with Crippen molar-refractivity contribution in [1.82, 2.24) is 0 Å². The molecule has 0 saturated carbocycles. The Morgan fingerprint density at radius 2 is 2.11 bits per heavy atom. The molecule has 0 fully saturated rings. The highest BCUT2D eigenvalue weighted by Crippen LogP contribution is 2.31. The van der Waals surface area contributed by atoms with Crippen molar-refractivity contribution in [3.05, 3.63) is 18.2 Å². The molecule has 0 amide bonds. The largest absolute Gasteiger partial charge is 0.490 e. The maximum absolute atomic E-state index is 12.2. The van der Waals surface area contributed by atoms with E-state index in [1.165, 1.54) is 12.1 Å². The molecule has 0 aromatic heterocycles. The summed E-state index contributed by atoms with van der Waals surface area (Å²) in [5.74, 6) is 0.297. The number of benzene rings is 1. The second kappa shape index (κ2) is 8.01. The predicted octanol–water partition coefficient (Wildman–Crippen LogP) is 2.70. The average molecular weight is 296 g/mol. The fraction of sp³-hybridized carbons (Fsp3) is 0.500. The molecule has 0 heterocycles. The van der Waals surface area contributed by atoms with Crippen molar-refractivity contribution < 1.29 is 23.4 Å². The summed E-state index contributed by atoms with van der Waals surface area (Å²) in [7, 11) is 0. The summed E-state index contributed by atoms with van der Waals surface area (Å²) in [6.45, 7) is -0.586. The van der Waals surface area contributed by atoms with Gasteiger partial charge < -0.3 is 19.9 Å². The highest BCUT2D eigenvalue weighted by Gasteiger charge is 2.12. The van der Waals surface area contributed by atoms with Crippen LogP contribution in [-0.4, -0.2) is 36.9 Å². The van der Waals surface area contributed by atoms with Gasteiger partial charge in [-0.1, -0.05) is 0 Å². The van der Waals surface area contributed by atoms with Gasteiger partial charge in [0.15, 0.2) is 11.5 Å². The van der Waals surface area contributed by atoms with Crippen molar-refractivity contribution in [3.8, 4) is 11.5 Å². The molecule has 1 unspecified atom stereocenters. The molecule has 108 valence electrons. The smallest absolute Gasteiger partial charge is 0.387 e. The van der Waals surface area contributed by atoms with Gasteiger partial charge in [-0.3, -0.25) is 0 Å². The van der Waals surface area contributed by atoms with E-state index < -0.39 is 12.7 Å². The number of hydrogen-bond acceptors (Lipinski definition) is 4. The van der Waals surface area contributed by atoms with Crippen LogP contribution in [0.3, 0.4) is 0 Å². The topological polar surface area (TPSA) is 50.7 Å². The van der Waals surface area contributed by atoms with Crippen LogP contribution in [0.25, 0.3) is 0 Å². The van der Waals surface area contributed by atoms with Crippen molar-refractivity contribution in [2.45, 2.75) is 19.6 Å². The molecule has 0 aliphatic carbocycles. The Hall–Kier alpha value is -1.27. The van der Waals surface area contributed by atoms with Crippen LogP contribution in [0.4, 0.5) is 14.5 Å². The summed E-state index contributed by atoms with van der Waals surface area (Å²) >= 11 is 5.46. The van der Waals surface area contributed by atoms with Gasteiger partial charge in [-0.2, -0.15) is 8.78 Å². The third-order valence-electron chi connectivity index (χ3n) is 2.18. The van der Waals surface area contributed by atoms with Crippen LogP contribution in [0.2, 0.25) is 0 Å². The molecule has 0 saturated heterocycles. The predicted molar refractivity (Wildman–Crippen MR) is 69.5 cm³/mol. The number of halogens is 3. The summed E-state index contributed by atoms with van der Waals surface area (Å²) < 4.78 is 34.0. The zero-order valence-electron chi connectivity index (χ0n) is 10.4. The first-order chi connectivity index (χ1) is 9.06. The van der Waals surface area contributed by atoms with Crippen molar-refractivity contribution in [3.63, 3.8) is 0 Å². The number of ether oxygens (including phenoxy) is 2. The number of aliphatic hydroxyl groups excluding tert-OH is 1. The Bertz CT molecular complexity index is 393. The number of anilines is 1. The molecule has 0 radical (unpaired) electrons. The van der Waals surface area contributed by atoms with Gasteiger partial charge >= 0.3 is 6.61 Å². The first kappa shape index (κ1) is 15.8. The number of aliphatic hydroxyl groups is 1. The van der Waals surface area contributed by atoms with Crippen LogP contribution < -0.4 is 14.8 Å². The second-order valence-electron chi connectivity index (χ2n) is 3.66. The van der Waals surface area contributed by atoms with E-state index in [-0.39, 0.29) is 23.9 Å². The molecule has 1 rings (SSSR count). The van der Waals surface area contributed by atoms with E-state index in [0.717, 1.165) is 0 Å². The monoisotopic (exact) mass is 295 g/mol. The summed E-state index contributed by atoms with van der Waals surface area (Å²) in [4.78, 5) is 0. The Morgan fingerprint density at radius 1 is 1.37 bits per heavy atom. The Morgan fingerprint density at radius 3 is 2.68 bits per heavy atom. The summed E-state index contributed by atoms with van der Waals surface area (Å²) in [5, 5.41) is 12.2. The average Bonchev–Trinajstić information content (AvgIpc) is 2.38. The maximum atomic E-state index is 12.2. The normalized spacial score (nSPS) is 12.3. The van der Waals surface area contributed by atoms with Gasteiger partial charge in [-0.15, -0.1) is 11.6 Å². The molecule has 0 bridgehead atoms. The molecule has 1 atom stereocenters. The lowest BCUT2D eigenvalue weighted by Gasteiger charge is -2.14. The summed E-state index contributed by atoms with van der Waals surface area (Å²) in [5.41, 5.74) is 0.620. The first-order valence-electron chi connectivity index (χ1n) is 5.76. The van der Waals surface area contributed by atoms with E-state index in [9.17, 15) is 13.9 Å². The Balaban J connectivity index is 2.77. The SMILES string of the molecule is CCOc1cc(NCC(O)CCl)ccc1OC(F)F. The fourth-order valence-corrected chi connectivity index (χ4v) is 1.48. The molecule has 19 heavy (non-hydrogen) atoms. The van der Waals surface area contributed by atoms with Crippen LogP contribution in [0.5, 0.6) is 11.5 Å². The first-order valence-corrected chi connectivity index (χ1v) is 6.29. The lowest BCUT2D eigenvalue weighted by Crippen LogP contribution is -2.20. The quantitative estimate of drug-likeness (QED) is 0.724. The fourth-order valence-electron chi connectivity index (χ4n) is 1.37. The van der Waals surface area contributed by atoms with Crippen molar-refractivity contribution >= 4 is 17.3 Å². The highest BCUT2D eigenvalue weighted by molar-refractivity contribution is 6.18. The molecule has 0 spiro atoms. The van der Waals surface area contributed by atoms with Gasteiger partial charge in [0.25, 0.3) is 0 Å². The van der Waals surface area contributed by atoms with Gasteiger partial charge in [-0.25, -0.2) is 0 Å². The van der Waals surface area contributed by atoms with Crippen LogP contribution in [0.15, 0.2) is 18.2 Å². The third-order valence-corrected chi connectivity index (χ3v) is 2.54. The minimum atomic E-state index is -2.91. The molecular formula is C12H16ClF2NO3. The van der Waals surface area contributed by atoms with Gasteiger partial charge in [-0.05, 0) is 19.1 Å². The Labute approximate surface area is 115 Å². The van der Waals surface area contributed by atoms with Crippen LogP contribution in [0.1, 0.15) is 6.92 Å². The van der Waals surface area contributed by atoms with Gasteiger partial charge in [0.05, 0.1) is 18.6 Å². The molecular weight excluding hydrogens is 280 g/mol. The van der Waals surface area contributed by atoms with E-state index in [0.29, 0.717) is 12.3 Å². The van der Waals surface area contributed by atoms with Gasteiger partial charge in [0.2, 0.25) is 0 Å². The molecule has 0 aliphatic rings. The van der Waals surface area contributed by atoms with Crippen LogP contribution >= 0.6 is 11.6 Å². The van der Waals surface area contributed by atoms with Crippen molar-refractivity contribution in [2.24, 2.45) is 0 Å². The van der Waals surface area contributed by atoms with E-state index in [1.54, 1.807) is 13.0 Å². The van der Waals surface area contributed by atoms with Crippen molar-refractivity contribution in [2.75, 3.05) is 24.3 Å². The minimum absolute atomic E-state index is 0.0275. The van der Waals surface area contributed by atoms with E-state index in [1.807, 2.05) is 0 Å². The van der Waals surface area contributed by atoms with E-state index in [2.05, 4.69) is 10.1 Å². The molecule has 1 aromatic carbocycles. The molecule has 0 aliphatic heterocycles. The maximum Gasteiger partial charge on any atom is 0.387 e. The standard InChI is InChI=1S/C12H16ClF2NO3/c1-2-18-11-5-8(16-7-9(17)6-13)3-4-10(11)19-12(14)15/h3-5,9,12,16-17H,2,6-7H2,1H3. The minimum Gasteiger partial charge on any atom is -0.490 e. The lowest BCUT2D eigenvalue weighted by atomic mass is 10.2. The highest BCUT2D eigenvalue weighted by atomic mass is 35.5. The van der Waals surface area contributed by atoms with Crippen LogP contribution in [-0.2, 0) is 0 Å². The third kappa shape index (κ3) is 5.48. The van der Waals surface area contributed by atoms with Crippen molar-refractivity contribution in [1.29, 1.82) is 0 Å². The molecule has 4 nitrogen and oxygen atoms in total. The lowest BCUT2D eigenvalue weighted by molar-refractivity contribution is -0.0514. The number of alkyl halides is 3.